The Labute approximate surface area is 154 Å². The highest BCUT2D eigenvalue weighted by molar-refractivity contribution is 5.59. The molecule has 0 aliphatic rings. The number of aromatic nitrogens is 2. The number of halogens is 1. The molecule has 1 aromatic carbocycles. The predicted molar refractivity (Wildman–Crippen MR) is 99.2 cm³/mol. The normalized spacial score (nSPS) is 11.1. The number of rotatable bonds is 6. The highest BCUT2D eigenvalue weighted by Crippen LogP contribution is 2.20. The maximum Gasteiger partial charge on any atom is 0.376 e. The molecule has 9 heteroatoms. The van der Waals surface area contributed by atoms with Crippen LogP contribution >= 0.6 is 0 Å². The molecule has 0 amide bonds. The summed E-state index contributed by atoms with van der Waals surface area (Å²) < 4.78 is 15.3. The van der Waals surface area contributed by atoms with E-state index in [-0.39, 0.29) is 23.8 Å². The Morgan fingerprint density at radius 2 is 2.07 bits per heavy atom. The fourth-order valence-corrected chi connectivity index (χ4v) is 2.72. The Balaban J connectivity index is 1.91. The Morgan fingerprint density at radius 3 is 2.74 bits per heavy atom. The van der Waals surface area contributed by atoms with Gasteiger partial charge in [-0.2, -0.15) is 0 Å². The van der Waals surface area contributed by atoms with Crippen LogP contribution in [-0.4, -0.2) is 33.3 Å². The summed E-state index contributed by atoms with van der Waals surface area (Å²) in [6.45, 7) is 0.559. The first-order valence-electron chi connectivity index (χ1n) is 8.18. The standard InChI is InChI=1S/C18H18FN5O3/c1-22(2)11-13-7-6-12(9-14(13)19)10-20-17-16(24(26)27)18(25)23-8-4-3-5-15(23)21-17/h3-9,20H,10-11H2,1-2H3. The number of hydrogen-bond acceptors (Lipinski definition) is 6. The van der Waals surface area contributed by atoms with Gasteiger partial charge in [0, 0.05) is 24.8 Å². The molecule has 0 fully saturated rings. The lowest BCUT2D eigenvalue weighted by molar-refractivity contribution is -0.385. The van der Waals surface area contributed by atoms with Crippen molar-refractivity contribution >= 4 is 17.2 Å². The van der Waals surface area contributed by atoms with Crippen molar-refractivity contribution in [2.75, 3.05) is 19.4 Å². The Bertz CT molecular complexity index is 1060. The molecule has 2 aromatic heterocycles. The maximum absolute atomic E-state index is 14.2. The summed E-state index contributed by atoms with van der Waals surface area (Å²) in [5.74, 6) is -0.502. The molecular weight excluding hydrogens is 353 g/mol. The summed E-state index contributed by atoms with van der Waals surface area (Å²) in [5.41, 5.74) is -0.0108. The zero-order valence-corrected chi connectivity index (χ0v) is 14.8. The lowest BCUT2D eigenvalue weighted by Crippen LogP contribution is -2.21. The van der Waals surface area contributed by atoms with Crippen LogP contribution in [-0.2, 0) is 13.1 Å². The van der Waals surface area contributed by atoms with E-state index in [9.17, 15) is 19.3 Å². The number of benzene rings is 1. The van der Waals surface area contributed by atoms with Crippen LogP contribution in [0.2, 0.25) is 0 Å². The molecule has 0 atom stereocenters. The van der Waals surface area contributed by atoms with Gasteiger partial charge >= 0.3 is 11.2 Å². The van der Waals surface area contributed by atoms with Crippen LogP contribution in [0.5, 0.6) is 0 Å². The van der Waals surface area contributed by atoms with Crippen LogP contribution < -0.4 is 10.9 Å². The molecule has 8 nitrogen and oxygen atoms in total. The van der Waals surface area contributed by atoms with E-state index >= 15 is 0 Å². The molecule has 27 heavy (non-hydrogen) atoms. The molecule has 0 saturated carbocycles. The predicted octanol–water partition coefficient (Wildman–Crippen LogP) is 2.42. The van der Waals surface area contributed by atoms with Crippen molar-refractivity contribution < 1.29 is 9.31 Å². The summed E-state index contributed by atoms with van der Waals surface area (Å²) >= 11 is 0. The number of anilines is 1. The molecule has 140 valence electrons. The van der Waals surface area contributed by atoms with Gasteiger partial charge in [0.15, 0.2) is 0 Å². The molecule has 0 saturated heterocycles. The molecule has 0 radical (unpaired) electrons. The lowest BCUT2D eigenvalue weighted by atomic mass is 10.1. The van der Waals surface area contributed by atoms with Crippen LogP contribution in [0.1, 0.15) is 11.1 Å². The molecular formula is C18H18FN5O3. The summed E-state index contributed by atoms with van der Waals surface area (Å²) in [6.07, 6.45) is 1.42. The second-order valence-corrected chi connectivity index (χ2v) is 6.32. The van der Waals surface area contributed by atoms with Crippen molar-refractivity contribution in [1.82, 2.24) is 14.3 Å². The zero-order valence-electron chi connectivity index (χ0n) is 14.8. The van der Waals surface area contributed by atoms with Gasteiger partial charge in [-0.1, -0.05) is 18.2 Å². The third kappa shape index (κ3) is 3.93. The van der Waals surface area contributed by atoms with Crippen molar-refractivity contribution in [2.45, 2.75) is 13.1 Å². The Hall–Kier alpha value is -3.33. The monoisotopic (exact) mass is 371 g/mol. The first-order valence-corrected chi connectivity index (χ1v) is 8.18. The topological polar surface area (TPSA) is 92.8 Å². The summed E-state index contributed by atoms with van der Waals surface area (Å²) in [4.78, 5) is 29.0. The molecule has 0 spiro atoms. The number of nitrogens with zero attached hydrogens (tertiary/aromatic N) is 4. The van der Waals surface area contributed by atoms with Crippen LogP contribution in [0.4, 0.5) is 15.9 Å². The molecule has 0 unspecified atom stereocenters. The van der Waals surface area contributed by atoms with E-state index in [0.717, 1.165) is 4.40 Å². The number of nitrogens with one attached hydrogen (secondary N) is 1. The minimum Gasteiger partial charge on any atom is -0.360 e. The van der Waals surface area contributed by atoms with Crippen LogP contribution in [0.15, 0.2) is 47.4 Å². The van der Waals surface area contributed by atoms with Gasteiger partial charge in [-0.05, 0) is 37.9 Å². The van der Waals surface area contributed by atoms with E-state index in [2.05, 4.69) is 10.3 Å². The van der Waals surface area contributed by atoms with Gasteiger partial charge in [-0.15, -0.1) is 0 Å². The van der Waals surface area contributed by atoms with Crippen molar-refractivity contribution in [3.63, 3.8) is 0 Å². The lowest BCUT2D eigenvalue weighted by Gasteiger charge is -2.12. The fraction of sp³-hybridized carbons (Fsp3) is 0.222. The van der Waals surface area contributed by atoms with Crippen LogP contribution in [0.3, 0.4) is 0 Å². The van der Waals surface area contributed by atoms with E-state index in [1.165, 1.54) is 12.3 Å². The number of nitro groups is 1. The molecule has 0 bridgehead atoms. The van der Waals surface area contributed by atoms with Gasteiger partial charge in [0.05, 0.1) is 4.92 Å². The summed E-state index contributed by atoms with van der Waals surface area (Å²) in [5, 5.41) is 14.1. The maximum atomic E-state index is 14.2. The molecule has 0 aliphatic carbocycles. The van der Waals surface area contributed by atoms with Gasteiger partial charge in [-0.3, -0.25) is 19.3 Å². The number of pyridine rings is 1. The smallest absolute Gasteiger partial charge is 0.360 e. The van der Waals surface area contributed by atoms with Gasteiger partial charge in [0.25, 0.3) is 0 Å². The third-order valence-electron chi connectivity index (χ3n) is 3.96. The largest absolute Gasteiger partial charge is 0.376 e. The van der Waals surface area contributed by atoms with Gasteiger partial charge in [0.2, 0.25) is 5.82 Å². The van der Waals surface area contributed by atoms with Gasteiger partial charge < -0.3 is 10.2 Å². The first kappa shape index (κ1) is 18.5. The summed E-state index contributed by atoms with van der Waals surface area (Å²) in [6, 6.07) is 9.61. The third-order valence-corrected chi connectivity index (χ3v) is 3.96. The Morgan fingerprint density at radius 1 is 1.30 bits per heavy atom. The zero-order chi connectivity index (χ0) is 19.6. The van der Waals surface area contributed by atoms with Crippen LogP contribution in [0.25, 0.3) is 5.65 Å². The molecule has 1 N–H and O–H groups in total. The number of fused-ring (bicyclic) bond motifs is 1. The average Bonchev–Trinajstić information content (AvgIpc) is 2.61. The average molecular weight is 371 g/mol. The van der Waals surface area contributed by atoms with E-state index in [1.807, 2.05) is 19.0 Å². The summed E-state index contributed by atoms with van der Waals surface area (Å²) in [7, 11) is 3.69. The Kier molecular flexibility index (Phi) is 5.13. The van der Waals surface area contributed by atoms with Gasteiger partial charge in [-0.25, -0.2) is 9.37 Å². The van der Waals surface area contributed by atoms with E-state index in [4.69, 9.17) is 0 Å². The highest BCUT2D eigenvalue weighted by Gasteiger charge is 2.23. The number of hydrogen-bond donors (Lipinski definition) is 1. The van der Waals surface area contributed by atoms with E-state index in [1.54, 1.807) is 30.3 Å². The van der Waals surface area contributed by atoms with Crippen molar-refractivity contribution in [3.05, 3.63) is 80.0 Å². The molecule has 0 aliphatic heterocycles. The van der Waals surface area contributed by atoms with Gasteiger partial charge in [0.1, 0.15) is 11.5 Å². The molecule has 2 heterocycles. The van der Waals surface area contributed by atoms with Crippen molar-refractivity contribution in [3.8, 4) is 0 Å². The van der Waals surface area contributed by atoms with E-state index < -0.39 is 16.2 Å². The molecule has 3 aromatic rings. The van der Waals surface area contributed by atoms with Crippen LogP contribution in [0, 0.1) is 15.9 Å². The second kappa shape index (κ2) is 7.50. The quantitative estimate of drug-likeness (QED) is 0.528. The van der Waals surface area contributed by atoms with Crippen molar-refractivity contribution in [2.24, 2.45) is 0 Å². The minimum absolute atomic E-state index is 0.0927. The fourth-order valence-electron chi connectivity index (χ4n) is 2.72. The van der Waals surface area contributed by atoms with Crippen molar-refractivity contribution in [1.29, 1.82) is 0 Å². The van der Waals surface area contributed by atoms with E-state index in [0.29, 0.717) is 17.7 Å². The first-order chi connectivity index (χ1) is 12.9. The SMILES string of the molecule is CN(C)Cc1ccc(CNc2nc3ccccn3c(=O)c2[N+](=O)[O-])cc1F. The minimum atomic E-state index is -0.777. The highest BCUT2D eigenvalue weighted by atomic mass is 19.1. The molecule has 3 rings (SSSR count). The second-order valence-electron chi connectivity index (χ2n) is 6.32.